The van der Waals surface area contributed by atoms with Crippen LogP contribution in [0.5, 0.6) is 17.2 Å². The van der Waals surface area contributed by atoms with Gasteiger partial charge >= 0.3 is 17.9 Å². The van der Waals surface area contributed by atoms with E-state index in [1.807, 2.05) is 0 Å². The molecular formula is C24H24O9. The molecular weight excluding hydrogens is 432 g/mol. The molecule has 0 saturated heterocycles. The number of Topliss-reactive ketones (excluding diaryl/α,β-unsaturated/α-hetero) is 1. The summed E-state index contributed by atoms with van der Waals surface area (Å²) in [5.74, 6) is -3.08. The van der Waals surface area contributed by atoms with E-state index in [1.54, 1.807) is 32.0 Å². The number of cyclic esters (lactones) is 1. The van der Waals surface area contributed by atoms with Gasteiger partial charge in [-0.25, -0.2) is 4.79 Å². The fraction of sp³-hybridized carbons (Fsp3) is 0.333. The van der Waals surface area contributed by atoms with Crippen LogP contribution in [-0.2, 0) is 30.3 Å². The average molecular weight is 456 g/mol. The summed E-state index contributed by atoms with van der Waals surface area (Å²) in [6.45, 7) is 6.84. The summed E-state index contributed by atoms with van der Waals surface area (Å²) in [5, 5.41) is 0.665. The van der Waals surface area contributed by atoms with Crippen LogP contribution < -0.4 is 14.2 Å². The van der Waals surface area contributed by atoms with Gasteiger partial charge in [-0.05, 0) is 13.0 Å². The van der Waals surface area contributed by atoms with Crippen LogP contribution in [0.15, 0.2) is 30.0 Å². The Morgan fingerprint density at radius 3 is 2.15 bits per heavy atom. The van der Waals surface area contributed by atoms with Gasteiger partial charge in [-0.2, -0.15) is 0 Å². The van der Waals surface area contributed by atoms with Gasteiger partial charge in [-0.3, -0.25) is 14.4 Å². The fourth-order valence-corrected chi connectivity index (χ4v) is 3.74. The number of ketones is 1. The number of fused-ring (bicyclic) bond motifs is 1. The largest absolute Gasteiger partial charge is 0.496 e. The molecule has 1 heterocycles. The summed E-state index contributed by atoms with van der Waals surface area (Å²) >= 11 is 0. The van der Waals surface area contributed by atoms with Crippen molar-refractivity contribution in [3.8, 4) is 17.2 Å². The summed E-state index contributed by atoms with van der Waals surface area (Å²) in [4.78, 5) is 48.9. The maximum atomic E-state index is 12.9. The molecule has 0 spiro atoms. The highest BCUT2D eigenvalue weighted by Gasteiger charge is 2.33. The number of carbonyl (C=O) groups is 4. The van der Waals surface area contributed by atoms with Gasteiger partial charge in [0.05, 0.1) is 24.1 Å². The fourth-order valence-electron chi connectivity index (χ4n) is 3.74. The van der Waals surface area contributed by atoms with E-state index in [9.17, 15) is 19.2 Å². The first-order valence-electron chi connectivity index (χ1n) is 10.1. The van der Waals surface area contributed by atoms with E-state index in [0.717, 1.165) is 6.08 Å². The van der Waals surface area contributed by atoms with Crippen molar-refractivity contribution in [2.75, 3.05) is 7.11 Å². The highest BCUT2D eigenvalue weighted by Crippen LogP contribution is 2.46. The Hall–Kier alpha value is -3.88. The third-order valence-corrected chi connectivity index (χ3v) is 4.72. The van der Waals surface area contributed by atoms with Crippen LogP contribution in [0.3, 0.4) is 0 Å². The number of hydrogen-bond acceptors (Lipinski definition) is 9. The van der Waals surface area contributed by atoms with Crippen LogP contribution in [0.1, 0.15) is 50.5 Å². The molecule has 0 amide bonds. The molecule has 174 valence electrons. The molecule has 0 fully saturated rings. The average Bonchev–Trinajstić information content (AvgIpc) is 2.67. The third kappa shape index (κ3) is 4.97. The summed E-state index contributed by atoms with van der Waals surface area (Å²) in [7, 11) is 1.42. The van der Waals surface area contributed by atoms with E-state index in [2.05, 4.69) is 0 Å². The maximum Gasteiger partial charge on any atom is 0.337 e. The number of ether oxygens (including phenoxy) is 5. The summed E-state index contributed by atoms with van der Waals surface area (Å²) in [6, 6.07) is 4.94. The lowest BCUT2D eigenvalue weighted by atomic mass is 9.92. The van der Waals surface area contributed by atoms with E-state index in [-0.39, 0.29) is 34.8 Å². The van der Waals surface area contributed by atoms with Gasteiger partial charge in [0.25, 0.3) is 0 Å². The Labute approximate surface area is 190 Å². The van der Waals surface area contributed by atoms with Crippen LogP contribution >= 0.6 is 0 Å². The summed E-state index contributed by atoms with van der Waals surface area (Å²) < 4.78 is 27.3. The second-order valence-corrected chi connectivity index (χ2v) is 7.85. The lowest BCUT2D eigenvalue weighted by Gasteiger charge is -2.31. The number of carbonyl (C=O) groups excluding carboxylic acids is 4. The predicted molar refractivity (Wildman–Crippen MR) is 116 cm³/mol. The molecule has 0 N–H and O–H groups in total. The van der Waals surface area contributed by atoms with Gasteiger partial charge in [0.2, 0.25) is 5.79 Å². The molecule has 0 radical (unpaired) electrons. The Balaban J connectivity index is 2.42. The smallest absolute Gasteiger partial charge is 0.337 e. The Morgan fingerprint density at radius 1 is 0.970 bits per heavy atom. The predicted octanol–water partition coefficient (Wildman–Crippen LogP) is 3.64. The molecule has 0 saturated carbocycles. The van der Waals surface area contributed by atoms with Crippen molar-refractivity contribution in [2.45, 2.75) is 46.8 Å². The molecule has 1 aliphatic heterocycles. The van der Waals surface area contributed by atoms with Gasteiger partial charge in [0, 0.05) is 45.1 Å². The van der Waals surface area contributed by atoms with Crippen molar-refractivity contribution in [2.24, 2.45) is 0 Å². The minimum Gasteiger partial charge on any atom is -0.496 e. The van der Waals surface area contributed by atoms with Crippen molar-refractivity contribution >= 4 is 34.5 Å². The second kappa shape index (κ2) is 8.93. The molecule has 0 unspecified atom stereocenters. The molecule has 0 aliphatic carbocycles. The van der Waals surface area contributed by atoms with Gasteiger partial charge in [0.15, 0.2) is 11.5 Å². The van der Waals surface area contributed by atoms with E-state index in [4.69, 9.17) is 23.7 Å². The SMILES string of the molecule is COc1cccc2c(OC(C)=O)c(CC3=CC(=O)OC(C)(C)O3)c(C(C)=O)c(OC(C)=O)c12. The van der Waals surface area contributed by atoms with Crippen LogP contribution in [0, 0.1) is 0 Å². The van der Waals surface area contributed by atoms with Crippen LogP contribution in [0.4, 0.5) is 0 Å². The maximum absolute atomic E-state index is 12.9. The molecule has 3 rings (SSSR count). The van der Waals surface area contributed by atoms with Crippen LogP contribution in [0.25, 0.3) is 10.8 Å². The number of esters is 3. The van der Waals surface area contributed by atoms with Crippen LogP contribution in [0.2, 0.25) is 0 Å². The van der Waals surface area contributed by atoms with Gasteiger partial charge in [-0.1, -0.05) is 12.1 Å². The zero-order chi connectivity index (χ0) is 24.5. The quantitative estimate of drug-likeness (QED) is 0.365. The highest BCUT2D eigenvalue weighted by molar-refractivity contribution is 6.11. The summed E-state index contributed by atoms with van der Waals surface area (Å²) in [5.41, 5.74) is 0.214. The first-order chi connectivity index (χ1) is 15.4. The number of benzene rings is 2. The van der Waals surface area contributed by atoms with Gasteiger partial charge < -0.3 is 23.7 Å². The molecule has 0 atom stereocenters. The highest BCUT2D eigenvalue weighted by atomic mass is 16.7. The monoisotopic (exact) mass is 456 g/mol. The first kappa shape index (κ1) is 23.8. The minimum atomic E-state index is -1.24. The molecule has 0 bridgehead atoms. The first-order valence-corrected chi connectivity index (χ1v) is 10.1. The molecule has 1 aliphatic rings. The number of allylic oxidation sites excluding steroid dienone is 1. The summed E-state index contributed by atoms with van der Waals surface area (Å²) in [6.07, 6.45) is 1.03. The standard InChI is InChI=1S/C24H24O9/c1-12(25)20-17(10-15-11-19(28)33-24(4,5)32-15)22(30-13(2)26)16-8-7-9-18(29-6)21(16)23(20)31-14(3)27/h7-9,11H,10H2,1-6H3. The molecule has 9 nitrogen and oxygen atoms in total. The van der Waals surface area contributed by atoms with Crippen molar-refractivity contribution in [1.29, 1.82) is 0 Å². The zero-order valence-corrected chi connectivity index (χ0v) is 19.2. The van der Waals surface area contributed by atoms with Crippen molar-refractivity contribution < 1.29 is 42.9 Å². The second-order valence-electron chi connectivity index (χ2n) is 7.85. The lowest BCUT2D eigenvalue weighted by molar-refractivity contribution is -0.205. The molecule has 33 heavy (non-hydrogen) atoms. The Bertz CT molecular complexity index is 1200. The lowest BCUT2D eigenvalue weighted by Crippen LogP contribution is -2.34. The zero-order valence-electron chi connectivity index (χ0n) is 19.2. The Morgan fingerprint density at radius 2 is 1.61 bits per heavy atom. The van der Waals surface area contributed by atoms with Crippen LogP contribution in [-0.4, -0.2) is 36.6 Å². The van der Waals surface area contributed by atoms with E-state index in [0.29, 0.717) is 16.5 Å². The number of methoxy groups -OCH3 is 1. The Kier molecular flexibility index (Phi) is 6.44. The molecule has 2 aromatic rings. The topological polar surface area (TPSA) is 114 Å². The minimum absolute atomic E-state index is 0.000281. The van der Waals surface area contributed by atoms with Crippen molar-refractivity contribution in [1.82, 2.24) is 0 Å². The normalized spacial score (nSPS) is 14.6. The van der Waals surface area contributed by atoms with Crippen molar-refractivity contribution in [3.05, 3.63) is 41.2 Å². The van der Waals surface area contributed by atoms with Gasteiger partial charge in [-0.15, -0.1) is 0 Å². The van der Waals surface area contributed by atoms with Crippen molar-refractivity contribution in [3.63, 3.8) is 0 Å². The van der Waals surface area contributed by atoms with E-state index < -0.39 is 29.5 Å². The van der Waals surface area contributed by atoms with E-state index >= 15 is 0 Å². The number of rotatable bonds is 6. The third-order valence-electron chi connectivity index (χ3n) is 4.72. The molecule has 9 heteroatoms. The number of hydrogen-bond donors (Lipinski definition) is 0. The van der Waals surface area contributed by atoms with E-state index in [1.165, 1.54) is 27.9 Å². The molecule has 0 aromatic heterocycles. The molecule has 2 aromatic carbocycles. The van der Waals surface area contributed by atoms with Gasteiger partial charge in [0.1, 0.15) is 17.3 Å².